The summed E-state index contributed by atoms with van der Waals surface area (Å²) in [6.07, 6.45) is 4.33. The van der Waals surface area contributed by atoms with E-state index >= 15 is 0 Å². The van der Waals surface area contributed by atoms with Crippen molar-refractivity contribution >= 4 is 18.1 Å². The van der Waals surface area contributed by atoms with Crippen molar-refractivity contribution in [3.8, 4) is 0 Å². The fourth-order valence-corrected chi connectivity index (χ4v) is 8.78. The van der Waals surface area contributed by atoms with Crippen LogP contribution >= 0.6 is 0 Å². The van der Waals surface area contributed by atoms with Crippen LogP contribution < -0.4 is 0 Å². The molecule has 1 heterocycles. The van der Waals surface area contributed by atoms with E-state index in [1.807, 2.05) is 0 Å². The van der Waals surface area contributed by atoms with Crippen molar-refractivity contribution in [1.29, 1.82) is 0 Å². The van der Waals surface area contributed by atoms with E-state index in [2.05, 4.69) is 0 Å². The van der Waals surface area contributed by atoms with Crippen molar-refractivity contribution < 1.29 is 26.9 Å². The highest BCUT2D eigenvalue weighted by Crippen LogP contribution is 2.47. The molecule has 6 nitrogen and oxygen atoms in total. The number of ether oxygens (including phenoxy) is 1. The summed E-state index contributed by atoms with van der Waals surface area (Å²) < 4.78 is 33.8. The molecule has 124 valence electrons. The van der Waals surface area contributed by atoms with Crippen LogP contribution in [-0.2, 0) is 26.9 Å². The lowest BCUT2D eigenvalue weighted by atomic mass is 9.87. The molecule has 2 rings (SSSR count). The van der Waals surface area contributed by atoms with Crippen LogP contribution in [-0.4, -0.2) is 65.8 Å². The van der Waals surface area contributed by atoms with Crippen molar-refractivity contribution in [2.24, 2.45) is 5.92 Å². The second-order valence-electron chi connectivity index (χ2n) is 5.79. The topological polar surface area (TPSA) is 58.7 Å². The van der Waals surface area contributed by atoms with E-state index in [0.29, 0.717) is 23.7 Å². The number of epoxide rings is 1. The zero-order valence-corrected chi connectivity index (χ0v) is 15.8. The van der Waals surface area contributed by atoms with Gasteiger partial charge in [-0.3, -0.25) is 0 Å². The molecule has 0 spiro atoms. The number of hydrogen-bond donors (Lipinski definition) is 0. The Morgan fingerprint density at radius 3 is 2.10 bits per heavy atom. The predicted molar refractivity (Wildman–Crippen MR) is 82.5 cm³/mol. The van der Waals surface area contributed by atoms with Gasteiger partial charge >= 0.3 is 18.1 Å². The van der Waals surface area contributed by atoms with E-state index < -0.39 is 18.1 Å². The minimum Gasteiger partial charge on any atom is -0.400 e. The highest BCUT2D eigenvalue weighted by Gasteiger charge is 2.51. The van der Waals surface area contributed by atoms with Crippen LogP contribution in [0.3, 0.4) is 0 Å². The average Bonchev–Trinajstić information content (AvgIpc) is 3.30. The molecule has 0 aromatic heterocycles. The van der Waals surface area contributed by atoms with E-state index in [-0.39, 0.29) is 0 Å². The second kappa shape index (κ2) is 7.65. The van der Waals surface area contributed by atoms with Gasteiger partial charge in [0.05, 0.1) is 12.2 Å². The summed E-state index contributed by atoms with van der Waals surface area (Å²) in [5, 5.41) is 0. The van der Waals surface area contributed by atoms with Crippen molar-refractivity contribution in [2.75, 3.05) is 35.5 Å². The van der Waals surface area contributed by atoms with E-state index in [1.165, 1.54) is 0 Å². The van der Waals surface area contributed by atoms with Crippen LogP contribution in [0.2, 0.25) is 11.6 Å². The number of fused-ring (bicyclic) bond motifs is 1. The highest BCUT2D eigenvalue weighted by atomic mass is 28.4. The van der Waals surface area contributed by atoms with Gasteiger partial charge in [-0.1, -0.05) is 0 Å². The predicted octanol–water partition coefficient (Wildman–Crippen LogP) is 1.32. The molecule has 1 saturated carbocycles. The molecule has 0 radical (unpaired) electrons. The molecular formula is C13H28O6Si2. The van der Waals surface area contributed by atoms with Gasteiger partial charge < -0.3 is 26.9 Å². The third-order valence-electron chi connectivity index (χ3n) is 4.88. The van der Waals surface area contributed by atoms with Crippen LogP contribution in [0.5, 0.6) is 0 Å². The highest BCUT2D eigenvalue weighted by molar-refractivity contribution is 6.63. The third kappa shape index (κ3) is 3.94. The van der Waals surface area contributed by atoms with E-state index in [9.17, 15) is 0 Å². The molecule has 0 bridgehead atoms. The quantitative estimate of drug-likeness (QED) is 0.467. The lowest BCUT2D eigenvalue weighted by Crippen LogP contribution is -2.47. The normalized spacial score (nSPS) is 30.3. The molecule has 0 N–H and O–H groups in total. The van der Waals surface area contributed by atoms with Gasteiger partial charge in [-0.25, -0.2) is 0 Å². The summed E-state index contributed by atoms with van der Waals surface area (Å²) >= 11 is 0. The van der Waals surface area contributed by atoms with Gasteiger partial charge in [0.2, 0.25) is 0 Å². The molecule has 1 aliphatic heterocycles. The minimum absolute atomic E-state index is 0.316. The van der Waals surface area contributed by atoms with Crippen molar-refractivity contribution in [1.82, 2.24) is 0 Å². The fourth-order valence-electron chi connectivity index (χ4n) is 3.54. The second-order valence-corrected chi connectivity index (χ2v) is 11.3. The zero-order chi connectivity index (χ0) is 15.5. The monoisotopic (exact) mass is 336 g/mol. The van der Waals surface area contributed by atoms with Crippen molar-refractivity contribution in [3.05, 3.63) is 0 Å². The number of rotatable bonds is 9. The third-order valence-corrected chi connectivity index (χ3v) is 10.6. The Kier molecular flexibility index (Phi) is 6.39. The Morgan fingerprint density at radius 2 is 1.62 bits per heavy atom. The van der Waals surface area contributed by atoms with Gasteiger partial charge in [-0.05, 0) is 25.2 Å². The van der Waals surface area contributed by atoms with Crippen LogP contribution in [0.4, 0.5) is 0 Å². The Hall–Kier alpha value is 0.194. The zero-order valence-electron chi connectivity index (χ0n) is 13.7. The maximum Gasteiger partial charge on any atom is 0.500 e. The van der Waals surface area contributed by atoms with Crippen LogP contribution in [0.15, 0.2) is 0 Å². The molecule has 0 aromatic rings. The van der Waals surface area contributed by atoms with E-state index in [0.717, 1.165) is 25.3 Å². The Balaban J connectivity index is 2.10. The van der Waals surface area contributed by atoms with Gasteiger partial charge in [-0.15, -0.1) is 0 Å². The molecule has 21 heavy (non-hydrogen) atoms. The first-order valence-electron chi connectivity index (χ1n) is 7.49. The molecule has 2 aliphatic rings. The van der Waals surface area contributed by atoms with Crippen molar-refractivity contribution in [3.63, 3.8) is 0 Å². The Labute approximate surface area is 130 Å². The Bertz CT molecular complexity index is 316. The SMILES string of the molecule is CO[SiH](OC)C(C[Si](OC)(OC)OC)C1CCC2OC2C1. The summed E-state index contributed by atoms with van der Waals surface area (Å²) in [5.41, 5.74) is 0.316. The first-order chi connectivity index (χ1) is 10.1. The van der Waals surface area contributed by atoms with Gasteiger partial charge in [0.25, 0.3) is 0 Å². The molecular weight excluding hydrogens is 308 g/mol. The maximum absolute atomic E-state index is 5.67. The molecule has 8 heteroatoms. The maximum atomic E-state index is 5.67. The van der Waals surface area contributed by atoms with Crippen LogP contribution in [0.1, 0.15) is 19.3 Å². The first kappa shape index (κ1) is 17.5. The van der Waals surface area contributed by atoms with Gasteiger partial charge in [0, 0.05) is 47.1 Å². The minimum atomic E-state index is -2.63. The van der Waals surface area contributed by atoms with Crippen LogP contribution in [0.25, 0.3) is 0 Å². The summed E-state index contributed by atoms with van der Waals surface area (Å²) in [7, 11) is 4.03. The lowest BCUT2D eigenvalue weighted by Gasteiger charge is -2.36. The molecule has 1 aliphatic carbocycles. The summed E-state index contributed by atoms with van der Waals surface area (Å²) in [6.45, 7) is 0. The van der Waals surface area contributed by atoms with Gasteiger partial charge in [-0.2, -0.15) is 0 Å². The molecule has 4 unspecified atom stereocenters. The van der Waals surface area contributed by atoms with E-state index in [1.54, 1.807) is 35.5 Å². The standard InChI is InChI=1S/C13H28O6Si2/c1-14-20(15-2)13(9-21(16-3,17-4)18-5)10-6-7-11-12(8-10)19-11/h10-13,20H,6-9H2,1-5H3. The summed E-state index contributed by atoms with van der Waals surface area (Å²) in [4.78, 5) is 0. The summed E-state index contributed by atoms with van der Waals surface area (Å²) in [5.74, 6) is 0.539. The molecule has 2 fully saturated rings. The molecule has 0 aromatic carbocycles. The van der Waals surface area contributed by atoms with Gasteiger partial charge in [0.15, 0.2) is 0 Å². The van der Waals surface area contributed by atoms with Gasteiger partial charge in [0.1, 0.15) is 0 Å². The fraction of sp³-hybridized carbons (Fsp3) is 1.00. The molecule has 1 saturated heterocycles. The van der Waals surface area contributed by atoms with Crippen LogP contribution in [0, 0.1) is 5.92 Å². The molecule has 0 amide bonds. The average molecular weight is 337 g/mol. The summed E-state index contributed by atoms with van der Waals surface area (Å²) in [6, 6.07) is 0.747. The van der Waals surface area contributed by atoms with E-state index in [4.69, 9.17) is 26.9 Å². The molecule has 4 atom stereocenters. The number of hydrogen-bond acceptors (Lipinski definition) is 6. The Morgan fingerprint density at radius 1 is 1.00 bits per heavy atom. The van der Waals surface area contributed by atoms with Crippen molar-refractivity contribution in [2.45, 2.75) is 43.1 Å². The largest absolute Gasteiger partial charge is 0.500 e. The lowest BCUT2D eigenvalue weighted by molar-refractivity contribution is 0.117. The first-order valence-corrected chi connectivity index (χ1v) is 11.0. The smallest absolute Gasteiger partial charge is 0.400 e.